The van der Waals surface area contributed by atoms with E-state index in [2.05, 4.69) is 52.2 Å². The molecule has 5 rings (SSSR count). The predicted molar refractivity (Wildman–Crippen MR) is 126 cm³/mol. The molecule has 3 aromatic rings. The zero-order valence-corrected chi connectivity index (χ0v) is 19.6. The maximum absolute atomic E-state index is 12.3. The second-order valence-electron chi connectivity index (χ2n) is 9.25. The Labute approximate surface area is 197 Å². The van der Waals surface area contributed by atoms with Crippen molar-refractivity contribution >= 4 is 23.5 Å². The van der Waals surface area contributed by atoms with Crippen molar-refractivity contribution in [1.82, 2.24) is 45.7 Å². The number of H-pyrrole nitrogens is 1. The van der Waals surface area contributed by atoms with Gasteiger partial charge >= 0.3 is 0 Å². The van der Waals surface area contributed by atoms with Crippen LogP contribution in [0, 0.1) is 0 Å². The number of nitrogens with zero attached hydrogens (tertiary/aromatic N) is 8. The third kappa shape index (κ3) is 5.00. The average molecular weight is 466 g/mol. The topological polar surface area (TPSA) is 142 Å². The Morgan fingerprint density at radius 2 is 1.94 bits per heavy atom. The van der Waals surface area contributed by atoms with E-state index in [1.165, 1.54) is 36.2 Å². The molecule has 0 bridgehead atoms. The maximum Gasteiger partial charge on any atom is 0.293 e. The van der Waals surface area contributed by atoms with E-state index in [0.29, 0.717) is 17.9 Å². The molecule has 0 radical (unpaired) electrons. The summed E-state index contributed by atoms with van der Waals surface area (Å²) in [4.78, 5) is 24.9. The van der Waals surface area contributed by atoms with Gasteiger partial charge in [-0.25, -0.2) is 4.98 Å². The molecule has 2 aliphatic carbocycles. The zero-order valence-electron chi connectivity index (χ0n) is 19.6. The highest BCUT2D eigenvalue weighted by Gasteiger charge is 2.27. The fraction of sp³-hybridized carbons (Fsp3) is 0.591. The van der Waals surface area contributed by atoms with Gasteiger partial charge in [-0.3, -0.25) is 9.89 Å². The molecule has 0 aliphatic heterocycles. The molecule has 0 spiro atoms. The first kappa shape index (κ1) is 22.2. The van der Waals surface area contributed by atoms with Crippen LogP contribution < -0.4 is 15.5 Å². The molecule has 0 unspecified atom stereocenters. The van der Waals surface area contributed by atoms with E-state index in [0.717, 1.165) is 37.3 Å². The number of hydrogen-bond acceptors (Lipinski definition) is 9. The number of anilines is 3. The minimum atomic E-state index is -0.276. The molecule has 0 saturated heterocycles. The Morgan fingerprint density at radius 3 is 2.68 bits per heavy atom. The van der Waals surface area contributed by atoms with Gasteiger partial charge < -0.3 is 15.5 Å². The van der Waals surface area contributed by atoms with Gasteiger partial charge in [-0.2, -0.15) is 14.9 Å². The summed E-state index contributed by atoms with van der Waals surface area (Å²) in [6.45, 7) is 0. The summed E-state index contributed by atoms with van der Waals surface area (Å²) in [5, 5.41) is 25.4. The summed E-state index contributed by atoms with van der Waals surface area (Å²) in [6, 6.07) is 4.35. The Kier molecular flexibility index (Phi) is 6.37. The van der Waals surface area contributed by atoms with Crippen LogP contribution in [0.3, 0.4) is 0 Å². The van der Waals surface area contributed by atoms with Crippen LogP contribution in [-0.2, 0) is 7.05 Å². The molecule has 2 saturated carbocycles. The molecule has 180 valence electrons. The second-order valence-corrected chi connectivity index (χ2v) is 9.25. The molecule has 0 atom stereocenters. The third-order valence-electron chi connectivity index (χ3n) is 6.90. The number of carbonyl (C=O) groups excluding carboxylic acids is 1. The van der Waals surface area contributed by atoms with Crippen LogP contribution in [0.25, 0.3) is 0 Å². The van der Waals surface area contributed by atoms with Gasteiger partial charge in [0.2, 0.25) is 5.95 Å². The van der Waals surface area contributed by atoms with Gasteiger partial charge in [0, 0.05) is 43.0 Å². The minimum Gasteiger partial charge on any atom is -0.346 e. The molecule has 34 heavy (non-hydrogen) atoms. The van der Waals surface area contributed by atoms with Gasteiger partial charge in [0.1, 0.15) is 5.82 Å². The van der Waals surface area contributed by atoms with Gasteiger partial charge in [0.25, 0.3) is 11.7 Å². The molecule has 3 heterocycles. The smallest absolute Gasteiger partial charge is 0.293 e. The fourth-order valence-electron chi connectivity index (χ4n) is 4.96. The van der Waals surface area contributed by atoms with Gasteiger partial charge in [-0.05, 0) is 49.8 Å². The van der Waals surface area contributed by atoms with E-state index in [1.807, 2.05) is 13.1 Å². The van der Waals surface area contributed by atoms with E-state index in [-0.39, 0.29) is 17.8 Å². The van der Waals surface area contributed by atoms with Crippen LogP contribution in [0.15, 0.2) is 18.3 Å². The van der Waals surface area contributed by atoms with Gasteiger partial charge in [0.05, 0.1) is 7.05 Å². The van der Waals surface area contributed by atoms with Crippen LogP contribution >= 0.6 is 0 Å². The second kappa shape index (κ2) is 9.74. The third-order valence-corrected chi connectivity index (χ3v) is 6.90. The van der Waals surface area contributed by atoms with E-state index >= 15 is 0 Å². The lowest BCUT2D eigenvalue weighted by atomic mass is 9.90. The first-order valence-corrected chi connectivity index (χ1v) is 12.0. The standard InChI is InChI=1S/C22H31N11O/c1-32(16-9-7-15(8-10-16)24-21(34)20-29-31-33(2)30-20)22-23-12-11-18(26-22)25-19-13-17(27-28-19)14-5-3-4-6-14/h11-16H,3-10H2,1-2H3,(H,24,34)(H2,23,25,26,27,28). The highest BCUT2D eigenvalue weighted by molar-refractivity contribution is 5.90. The van der Waals surface area contributed by atoms with Crippen molar-refractivity contribution in [2.24, 2.45) is 7.05 Å². The summed E-state index contributed by atoms with van der Waals surface area (Å²) in [5.41, 5.74) is 1.20. The molecule has 3 N–H and O–H groups in total. The predicted octanol–water partition coefficient (Wildman–Crippen LogP) is 2.30. The van der Waals surface area contributed by atoms with Crippen molar-refractivity contribution in [3.05, 3.63) is 29.8 Å². The van der Waals surface area contributed by atoms with Crippen LogP contribution in [0.2, 0.25) is 0 Å². The van der Waals surface area contributed by atoms with E-state index in [1.54, 1.807) is 13.2 Å². The van der Waals surface area contributed by atoms with Crippen LogP contribution in [0.4, 0.5) is 17.6 Å². The fourth-order valence-corrected chi connectivity index (χ4v) is 4.96. The minimum absolute atomic E-state index is 0.101. The Balaban J connectivity index is 1.15. The Hall–Kier alpha value is -3.57. The van der Waals surface area contributed by atoms with Gasteiger partial charge in [0.15, 0.2) is 5.82 Å². The monoisotopic (exact) mass is 465 g/mol. The number of tetrazole rings is 1. The molecule has 2 aliphatic rings. The average Bonchev–Trinajstić information content (AvgIpc) is 3.61. The lowest BCUT2D eigenvalue weighted by Gasteiger charge is -2.34. The highest BCUT2D eigenvalue weighted by atomic mass is 16.2. The van der Waals surface area contributed by atoms with Crippen molar-refractivity contribution in [2.45, 2.75) is 69.4 Å². The Morgan fingerprint density at radius 1 is 1.15 bits per heavy atom. The highest BCUT2D eigenvalue weighted by Crippen LogP contribution is 2.34. The number of carbonyl (C=O) groups is 1. The number of aromatic nitrogens is 8. The maximum atomic E-state index is 12.3. The summed E-state index contributed by atoms with van der Waals surface area (Å²) in [5.74, 6) is 2.59. The lowest BCUT2D eigenvalue weighted by molar-refractivity contribution is 0.0914. The molecule has 2 fully saturated rings. The van der Waals surface area contributed by atoms with Crippen molar-refractivity contribution in [1.29, 1.82) is 0 Å². The number of aromatic amines is 1. The van der Waals surface area contributed by atoms with Crippen LogP contribution in [0.1, 0.15) is 73.6 Å². The molecule has 12 heteroatoms. The van der Waals surface area contributed by atoms with Crippen molar-refractivity contribution in [3.8, 4) is 0 Å². The first-order chi connectivity index (χ1) is 16.5. The van der Waals surface area contributed by atoms with Crippen molar-refractivity contribution in [2.75, 3.05) is 17.3 Å². The van der Waals surface area contributed by atoms with E-state index < -0.39 is 0 Å². The Bertz CT molecular complexity index is 1110. The largest absolute Gasteiger partial charge is 0.346 e. The van der Waals surface area contributed by atoms with E-state index in [9.17, 15) is 4.79 Å². The molecule has 12 nitrogen and oxygen atoms in total. The molecule has 3 aromatic heterocycles. The summed E-state index contributed by atoms with van der Waals surface area (Å²) < 4.78 is 0. The first-order valence-electron chi connectivity index (χ1n) is 12.0. The molecular formula is C22H31N11O. The van der Waals surface area contributed by atoms with Crippen LogP contribution in [-0.4, -0.2) is 65.4 Å². The molecule has 1 amide bonds. The van der Waals surface area contributed by atoms with E-state index in [4.69, 9.17) is 4.98 Å². The number of nitrogens with one attached hydrogen (secondary N) is 3. The van der Waals surface area contributed by atoms with Gasteiger partial charge in [-0.15, -0.1) is 10.2 Å². The van der Waals surface area contributed by atoms with Crippen molar-refractivity contribution < 1.29 is 4.79 Å². The number of rotatable bonds is 7. The lowest BCUT2D eigenvalue weighted by Crippen LogP contribution is -2.43. The molecular weight excluding hydrogens is 434 g/mol. The summed E-state index contributed by atoms with van der Waals surface area (Å²) in [6.07, 6.45) is 10.4. The summed E-state index contributed by atoms with van der Waals surface area (Å²) in [7, 11) is 3.67. The van der Waals surface area contributed by atoms with Crippen molar-refractivity contribution in [3.63, 3.8) is 0 Å². The molecule has 0 aromatic carbocycles. The SMILES string of the molecule is CN(c1nccc(Nc2cc(C3CCCC3)[nH]n2)n1)C1CCC(NC(=O)c2nnn(C)n2)CC1. The van der Waals surface area contributed by atoms with Gasteiger partial charge in [-0.1, -0.05) is 12.8 Å². The number of amides is 1. The number of hydrogen-bond donors (Lipinski definition) is 3. The van der Waals surface area contributed by atoms with Crippen LogP contribution in [0.5, 0.6) is 0 Å². The normalized spacial score (nSPS) is 20.9. The quantitative estimate of drug-likeness (QED) is 0.479. The summed E-state index contributed by atoms with van der Waals surface area (Å²) >= 11 is 0. The zero-order chi connectivity index (χ0) is 23.5. The number of aryl methyl sites for hydroxylation is 1.